The van der Waals surface area contributed by atoms with Gasteiger partial charge in [-0.15, -0.1) is 11.8 Å². The van der Waals surface area contributed by atoms with Gasteiger partial charge in [-0.1, -0.05) is 30.3 Å². The molecule has 1 aliphatic rings. The molecule has 15 heavy (non-hydrogen) atoms. The predicted molar refractivity (Wildman–Crippen MR) is 68.1 cm³/mol. The van der Waals surface area contributed by atoms with E-state index in [1.165, 1.54) is 5.56 Å². The Morgan fingerprint density at radius 3 is 2.27 bits per heavy atom. The zero-order valence-corrected chi connectivity index (χ0v) is 10.7. The molecule has 2 heteroatoms. The summed E-state index contributed by atoms with van der Waals surface area (Å²) < 4.78 is 0.343. The van der Waals surface area contributed by atoms with Gasteiger partial charge in [-0.2, -0.15) is 0 Å². The minimum atomic E-state index is 0.343. The second-order valence-corrected chi connectivity index (χ2v) is 6.56. The lowest BCUT2D eigenvalue weighted by Crippen LogP contribution is -2.35. The summed E-state index contributed by atoms with van der Waals surface area (Å²) in [4.78, 5) is 2.47. The van der Waals surface area contributed by atoms with Crippen molar-refractivity contribution in [1.29, 1.82) is 0 Å². The molecule has 0 radical (unpaired) electrons. The number of hydrogen-bond donors (Lipinski definition) is 0. The summed E-state index contributed by atoms with van der Waals surface area (Å²) >= 11 is 2.06. The van der Waals surface area contributed by atoms with Crippen LogP contribution >= 0.6 is 11.8 Å². The molecule has 1 aromatic rings. The van der Waals surface area contributed by atoms with Crippen molar-refractivity contribution in [1.82, 2.24) is 4.90 Å². The van der Waals surface area contributed by atoms with Crippen molar-refractivity contribution in [2.24, 2.45) is 0 Å². The van der Waals surface area contributed by atoms with Gasteiger partial charge in [-0.05, 0) is 33.4 Å². The molecule has 0 unspecified atom stereocenters. The Hall–Kier alpha value is -0.470. The first kappa shape index (κ1) is 11.0. The molecule has 1 aliphatic heterocycles. The van der Waals surface area contributed by atoms with Gasteiger partial charge >= 0.3 is 0 Å². The summed E-state index contributed by atoms with van der Waals surface area (Å²) in [5.41, 5.74) is 1.42. The van der Waals surface area contributed by atoms with E-state index in [0.29, 0.717) is 16.2 Å². The monoisotopic (exact) mass is 221 g/mol. The number of rotatable bonds is 1. The van der Waals surface area contributed by atoms with Crippen molar-refractivity contribution < 1.29 is 0 Å². The minimum Gasteiger partial charge on any atom is -0.287 e. The third-order valence-electron chi connectivity index (χ3n) is 3.49. The summed E-state index contributed by atoms with van der Waals surface area (Å²) in [6, 6.07) is 11.4. The van der Waals surface area contributed by atoms with Crippen LogP contribution in [0.3, 0.4) is 0 Å². The number of hydrogen-bond acceptors (Lipinski definition) is 2. The quantitative estimate of drug-likeness (QED) is 0.713. The normalized spacial score (nSPS) is 30.7. The molecule has 1 fully saturated rings. The van der Waals surface area contributed by atoms with E-state index in [2.05, 4.69) is 74.8 Å². The fourth-order valence-electron chi connectivity index (χ4n) is 2.08. The molecule has 0 aliphatic carbocycles. The van der Waals surface area contributed by atoms with Crippen molar-refractivity contribution in [2.75, 3.05) is 7.05 Å². The maximum absolute atomic E-state index is 2.47. The minimum absolute atomic E-state index is 0.343. The fourth-order valence-corrected chi connectivity index (χ4v) is 3.66. The van der Waals surface area contributed by atoms with Gasteiger partial charge in [-0.25, -0.2) is 0 Å². The maximum Gasteiger partial charge on any atom is 0.0820 e. The van der Waals surface area contributed by atoms with Crippen LogP contribution in [-0.4, -0.2) is 22.7 Å². The molecule has 82 valence electrons. The van der Waals surface area contributed by atoms with Crippen LogP contribution in [0.4, 0.5) is 0 Å². The third-order valence-corrected chi connectivity index (χ3v) is 5.26. The lowest BCUT2D eigenvalue weighted by molar-refractivity contribution is 0.239. The van der Waals surface area contributed by atoms with Gasteiger partial charge in [0.2, 0.25) is 0 Å². The van der Waals surface area contributed by atoms with Crippen molar-refractivity contribution in [3.05, 3.63) is 35.9 Å². The van der Waals surface area contributed by atoms with Crippen LogP contribution in [0.2, 0.25) is 0 Å². The molecule has 0 aromatic heterocycles. The Kier molecular flexibility index (Phi) is 2.82. The van der Waals surface area contributed by atoms with E-state index in [0.717, 1.165) is 0 Å². The molecule has 1 nitrogen and oxygen atoms in total. The van der Waals surface area contributed by atoms with Crippen LogP contribution in [0, 0.1) is 0 Å². The second kappa shape index (κ2) is 3.84. The third kappa shape index (κ3) is 1.93. The number of benzene rings is 1. The molecule has 0 saturated carbocycles. The summed E-state index contributed by atoms with van der Waals surface area (Å²) in [5, 5.41) is 0.510. The zero-order chi connectivity index (χ0) is 11.1. The first-order chi connectivity index (χ1) is 7.02. The molecule has 1 aromatic carbocycles. The van der Waals surface area contributed by atoms with Gasteiger partial charge in [0.05, 0.1) is 5.37 Å². The SMILES string of the molecule is C[C@H]1N(C)[C@H](c2ccccc2)SC1(C)C. The summed E-state index contributed by atoms with van der Waals surface area (Å²) in [6.45, 7) is 6.99. The molecule has 0 amide bonds. The Morgan fingerprint density at radius 2 is 1.80 bits per heavy atom. The average Bonchev–Trinajstić information content (AvgIpc) is 2.44. The van der Waals surface area contributed by atoms with E-state index in [-0.39, 0.29) is 0 Å². The molecular weight excluding hydrogens is 202 g/mol. The van der Waals surface area contributed by atoms with E-state index >= 15 is 0 Å². The molecule has 0 N–H and O–H groups in total. The lowest BCUT2D eigenvalue weighted by atomic mass is 10.0. The predicted octanol–water partition coefficient (Wildman–Crippen LogP) is 3.53. The van der Waals surface area contributed by atoms with E-state index in [9.17, 15) is 0 Å². The highest BCUT2D eigenvalue weighted by Gasteiger charge is 2.42. The first-order valence-electron chi connectivity index (χ1n) is 5.47. The van der Waals surface area contributed by atoms with E-state index < -0.39 is 0 Å². The van der Waals surface area contributed by atoms with Crippen LogP contribution in [-0.2, 0) is 0 Å². The van der Waals surface area contributed by atoms with Crippen LogP contribution in [0.15, 0.2) is 30.3 Å². The summed E-state index contributed by atoms with van der Waals surface area (Å²) in [5.74, 6) is 0. The molecule has 2 atom stereocenters. The van der Waals surface area contributed by atoms with E-state index in [1.54, 1.807) is 0 Å². The first-order valence-corrected chi connectivity index (χ1v) is 6.35. The highest BCUT2D eigenvalue weighted by atomic mass is 32.2. The van der Waals surface area contributed by atoms with Crippen molar-refractivity contribution >= 4 is 11.8 Å². The van der Waals surface area contributed by atoms with Gasteiger partial charge in [0, 0.05) is 10.8 Å². The average molecular weight is 221 g/mol. The lowest BCUT2D eigenvalue weighted by Gasteiger charge is -2.25. The van der Waals surface area contributed by atoms with E-state index in [4.69, 9.17) is 0 Å². The largest absolute Gasteiger partial charge is 0.287 e. The van der Waals surface area contributed by atoms with Crippen LogP contribution in [0.1, 0.15) is 31.7 Å². The summed E-state index contributed by atoms with van der Waals surface area (Å²) in [7, 11) is 2.23. The van der Waals surface area contributed by atoms with E-state index in [1.807, 2.05) is 0 Å². The second-order valence-electron chi connectivity index (χ2n) is 4.83. The smallest absolute Gasteiger partial charge is 0.0820 e. The van der Waals surface area contributed by atoms with Gasteiger partial charge < -0.3 is 0 Å². The highest BCUT2D eigenvalue weighted by molar-refractivity contribution is 8.01. The van der Waals surface area contributed by atoms with Crippen LogP contribution in [0.25, 0.3) is 0 Å². The Bertz CT molecular complexity index is 334. The number of nitrogens with zero attached hydrogens (tertiary/aromatic N) is 1. The highest BCUT2D eigenvalue weighted by Crippen LogP contribution is 2.50. The maximum atomic E-state index is 2.47. The molecule has 0 spiro atoms. The zero-order valence-electron chi connectivity index (χ0n) is 9.90. The van der Waals surface area contributed by atoms with Crippen molar-refractivity contribution in [3.8, 4) is 0 Å². The molecule has 1 saturated heterocycles. The van der Waals surface area contributed by atoms with Crippen LogP contribution < -0.4 is 0 Å². The Morgan fingerprint density at radius 1 is 1.20 bits per heavy atom. The Balaban J connectivity index is 2.27. The molecule has 2 rings (SSSR count). The van der Waals surface area contributed by atoms with Crippen molar-refractivity contribution in [2.45, 2.75) is 36.9 Å². The molecule has 0 bridgehead atoms. The van der Waals surface area contributed by atoms with Gasteiger partial charge in [-0.3, -0.25) is 4.90 Å². The Labute approximate surface area is 96.9 Å². The van der Waals surface area contributed by atoms with Gasteiger partial charge in [0.15, 0.2) is 0 Å². The van der Waals surface area contributed by atoms with Gasteiger partial charge in [0.25, 0.3) is 0 Å². The standard InChI is InChI=1S/C13H19NS/c1-10-13(2,3)15-12(14(10)4)11-8-6-5-7-9-11/h5-10,12H,1-4H3/t10-,12+/m1/s1. The van der Waals surface area contributed by atoms with Crippen LogP contribution in [0.5, 0.6) is 0 Å². The fraction of sp³-hybridized carbons (Fsp3) is 0.538. The van der Waals surface area contributed by atoms with Crippen molar-refractivity contribution in [3.63, 3.8) is 0 Å². The molecular formula is C13H19NS. The van der Waals surface area contributed by atoms with Gasteiger partial charge in [0.1, 0.15) is 0 Å². The molecule has 1 heterocycles. The summed E-state index contributed by atoms with van der Waals surface area (Å²) in [6.07, 6.45) is 0. The number of thioether (sulfide) groups is 1. The topological polar surface area (TPSA) is 3.24 Å².